The van der Waals surface area contributed by atoms with Crippen molar-refractivity contribution in [1.82, 2.24) is 10.8 Å². The van der Waals surface area contributed by atoms with Gasteiger partial charge in [0.05, 0.1) is 12.6 Å². The molecule has 1 amide bonds. The van der Waals surface area contributed by atoms with E-state index in [9.17, 15) is 4.79 Å². The van der Waals surface area contributed by atoms with E-state index in [-0.39, 0.29) is 11.9 Å². The van der Waals surface area contributed by atoms with Crippen LogP contribution >= 0.6 is 11.8 Å². The van der Waals surface area contributed by atoms with Gasteiger partial charge in [-0.25, -0.2) is 5.48 Å². The van der Waals surface area contributed by atoms with E-state index in [1.165, 1.54) is 0 Å². The molecule has 0 radical (unpaired) electrons. The van der Waals surface area contributed by atoms with Crippen LogP contribution in [0.5, 0.6) is 0 Å². The number of thioether (sulfide) groups is 1. The Bertz CT molecular complexity index is 182. The van der Waals surface area contributed by atoms with Crippen molar-refractivity contribution in [3.05, 3.63) is 0 Å². The fourth-order valence-corrected chi connectivity index (χ4v) is 2.02. The second-order valence-corrected chi connectivity index (χ2v) is 4.90. The third-order valence-corrected chi connectivity index (χ3v) is 2.89. The Morgan fingerprint density at radius 3 is 3.07 bits per heavy atom. The molecule has 1 aliphatic heterocycles. The molecule has 1 fully saturated rings. The van der Waals surface area contributed by atoms with Gasteiger partial charge in [-0.05, 0) is 5.92 Å². The van der Waals surface area contributed by atoms with Crippen LogP contribution in [0.3, 0.4) is 0 Å². The van der Waals surface area contributed by atoms with E-state index in [0.29, 0.717) is 12.5 Å². The summed E-state index contributed by atoms with van der Waals surface area (Å²) < 4.78 is 0. The number of hydroxylamine groups is 1. The third kappa shape index (κ3) is 4.30. The van der Waals surface area contributed by atoms with E-state index in [1.54, 1.807) is 11.8 Å². The number of hydrogen-bond acceptors (Lipinski definition) is 4. The molecule has 0 aromatic rings. The number of carbonyl (C=O) groups excluding carboxylic acids is 1. The smallest absolute Gasteiger partial charge is 0.261 e. The Morgan fingerprint density at radius 1 is 1.71 bits per heavy atom. The Morgan fingerprint density at radius 2 is 2.50 bits per heavy atom. The Hall–Kier alpha value is -0.260. The molecule has 0 bridgehead atoms. The highest BCUT2D eigenvalue weighted by Gasteiger charge is 2.20. The number of nitrogens with one attached hydrogen (secondary N) is 2. The maximum absolute atomic E-state index is 11.5. The second kappa shape index (κ2) is 6.27. The summed E-state index contributed by atoms with van der Waals surface area (Å²) in [7, 11) is 0. The minimum atomic E-state index is -0.0964. The monoisotopic (exact) mass is 218 g/mol. The van der Waals surface area contributed by atoms with Gasteiger partial charge in [-0.1, -0.05) is 13.8 Å². The SMILES string of the molecule is CC(C)CONC(=O)C1CSCCN1. The molecule has 5 heteroatoms. The zero-order chi connectivity index (χ0) is 10.4. The lowest BCUT2D eigenvalue weighted by Crippen LogP contribution is -2.49. The normalized spacial score (nSPS) is 22.4. The lowest BCUT2D eigenvalue weighted by Gasteiger charge is -2.22. The average molecular weight is 218 g/mol. The van der Waals surface area contributed by atoms with E-state index >= 15 is 0 Å². The van der Waals surface area contributed by atoms with Gasteiger partial charge in [0, 0.05) is 18.1 Å². The Kier molecular flexibility index (Phi) is 5.29. The highest BCUT2D eigenvalue weighted by Crippen LogP contribution is 2.07. The minimum Gasteiger partial charge on any atom is -0.304 e. The molecule has 14 heavy (non-hydrogen) atoms. The van der Waals surface area contributed by atoms with Crippen molar-refractivity contribution in [3.63, 3.8) is 0 Å². The molecule has 1 heterocycles. The summed E-state index contributed by atoms with van der Waals surface area (Å²) in [6.45, 7) is 5.54. The van der Waals surface area contributed by atoms with Crippen LogP contribution in [0.25, 0.3) is 0 Å². The van der Waals surface area contributed by atoms with Crippen LogP contribution in [-0.2, 0) is 9.63 Å². The molecule has 82 valence electrons. The lowest BCUT2D eigenvalue weighted by atomic mass is 10.2. The van der Waals surface area contributed by atoms with Crippen LogP contribution in [-0.4, -0.2) is 36.6 Å². The molecular formula is C9H18N2O2S. The standard InChI is InChI=1S/C9H18N2O2S/c1-7(2)5-13-11-9(12)8-6-14-4-3-10-8/h7-8,10H,3-6H2,1-2H3,(H,11,12). The van der Waals surface area contributed by atoms with Crippen LogP contribution in [0.1, 0.15) is 13.8 Å². The predicted molar refractivity (Wildman–Crippen MR) is 58.0 cm³/mol. The van der Waals surface area contributed by atoms with Crippen LogP contribution in [0.2, 0.25) is 0 Å². The van der Waals surface area contributed by atoms with E-state index in [1.807, 2.05) is 13.8 Å². The van der Waals surface area contributed by atoms with Gasteiger partial charge in [0.1, 0.15) is 0 Å². The average Bonchev–Trinajstić information content (AvgIpc) is 2.18. The summed E-state index contributed by atoms with van der Waals surface area (Å²) >= 11 is 1.79. The summed E-state index contributed by atoms with van der Waals surface area (Å²) in [5.74, 6) is 2.29. The molecule has 1 aliphatic rings. The molecule has 4 nitrogen and oxygen atoms in total. The number of hydrogen-bond donors (Lipinski definition) is 2. The first-order valence-corrected chi connectivity index (χ1v) is 6.08. The highest BCUT2D eigenvalue weighted by molar-refractivity contribution is 7.99. The summed E-state index contributed by atoms with van der Waals surface area (Å²) in [6.07, 6.45) is 0. The highest BCUT2D eigenvalue weighted by atomic mass is 32.2. The van der Waals surface area contributed by atoms with E-state index in [0.717, 1.165) is 18.1 Å². The van der Waals surface area contributed by atoms with E-state index in [2.05, 4.69) is 10.8 Å². The van der Waals surface area contributed by atoms with Crippen LogP contribution in [0.4, 0.5) is 0 Å². The van der Waals surface area contributed by atoms with Gasteiger partial charge in [0.15, 0.2) is 0 Å². The fourth-order valence-electron chi connectivity index (χ4n) is 1.08. The van der Waals surface area contributed by atoms with Crippen LogP contribution < -0.4 is 10.8 Å². The fraction of sp³-hybridized carbons (Fsp3) is 0.889. The van der Waals surface area contributed by atoms with E-state index in [4.69, 9.17) is 4.84 Å². The molecule has 0 saturated carbocycles. The van der Waals surface area contributed by atoms with Crippen molar-refractivity contribution in [3.8, 4) is 0 Å². The number of amides is 1. The van der Waals surface area contributed by atoms with Crippen molar-refractivity contribution in [2.24, 2.45) is 5.92 Å². The Labute approximate surface area is 89.1 Å². The van der Waals surface area contributed by atoms with Gasteiger partial charge < -0.3 is 5.32 Å². The summed E-state index contributed by atoms with van der Waals surface area (Å²) in [5.41, 5.74) is 2.47. The van der Waals surface area contributed by atoms with E-state index < -0.39 is 0 Å². The zero-order valence-electron chi connectivity index (χ0n) is 8.71. The first-order valence-electron chi connectivity index (χ1n) is 4.93. The maximum atomic E-state index is 11.5. The van der Waals surface area contributed by atoms with Crippen molar-refractivity contribution in [2.45, 2.75) is 19.9 Å². The molecule has 1 unspecified atom stereocenters. The van der Waals surface area contributed by atoms with Crippen molar-refractivity contribution in [2.75, 3.05) is 24.7 Å². The van der Waals surface area contributed by atoms with Crippen LogP contribution in [0, 0.1) is 5.92 Å². The molecule has 2 N–H and O–H groups in total. The van der Waals surface area contributed by atoms with Crippen molar-refractivity contribution >= 4 is 17.7 Å². The quantitative estimate of drug-likeness (QED) is 0.670. The third-order valence-electron chi connectivity index (χ3n) is 1.83. The van der Waals surface area contributed by atoms with Crippen LogP contribution in [0.15, 0.2) is 0 Å². The van der Waals surface area contributed by atoms with Gasteiger partial charge in [-0.3, -0.25) is 9.63 Å². The van der Waals surface area contributed by atoms with Gasteiger partial charge in [0.2, 0.25) is 0 Å². The minimum absolute atomic E-state index is 0.0575. The van der Waals surface area contributed by atoms with Crippen molar-refractivity contribution in [1.29, 1.82) is 0 Å². The molecular weight excluding hydrogens is 200 g/mol. The molecule has 0 aromatic heterocycles. The first-order chi connectivity index (χ1) is 6.70. The number of carbonyl (C=O) groups is 1. The molecule has 0 aliphatic carbocycles. The van der Waals surface area contributed by atoms with Gasteiger partial charge in [0.25, 0.3) is 5.91 Å². The Balaban J connectivity index is 2.13. The summed E-state index contributed by atoms with van der Waals surface area (Å²) in [5, 5.41) is 3.14. The number of rotatable bonds is 4. The second-order valence-electron chi connectivity index (χ2n) is 3.75. The van der Waals surface area contributed by atoms with Crippen molar-refractivity contribution < 1.29 is 9.63 Å². The molecule has 0 aromatic carbocycles. The summed E-state index contributed by atoms with van der Waals surface area (Å²) in [6, 6.07) is -0.0964. The maximum Gasteiger partial charge on any atom is 0.261 e. The predicted octanol–water partition coefficient (Wildman–Crippen LogP) is 0.395. The zero-order valence-corrected chi connectivity index (χ0v) is 9.52. The lowest BCUT2D eigenvalue weighted by molar-refractivity contribution is -0.136. The van der Waals surface area contributed by atoms with Gasteiger partial charge in [-0.15, -0.1) is 0 Å². The first kappa shape index (κ1) is 11.8. The molecule has 1 atom stereocenters. The van der Waals surface area contributed by atoms with Gasteiger partial charge >= 0.3 is 0 Å². The molecule has 0 spiro atoms. The molecule has 1 rings (SSSR count). The largest absolute Gasteiger partial charge is 0.304 e. The topological polar surface area (TPSA) is 50.4 Å². The van der Waals surface area contributed by atoms with Gasteiger partial charge in [-0.2, -0.15) is 11.8 Å². The molecule has 1 saturated heterocycles. The summed E-state index contributed by atoms with van der Waals surface area (Å²) in [4.78, 5) is 16.5.